The van der Waals surface area contributed by atoms with Gasteiger partial charge >= 0.3 is 0 Å². The highest BCUT2D eigenvalue weighted by molar-refractivity contribution is 5.94. The number of hydrogen-bond acceptors (Lipinski definition) is 12. The van der Waals surface area contributed by atoms with E-state index >= 15 is 0 Å². The monoisotopic (exact) mass is 578 g/mol. The Morgan fingerprint density at radius 3 is 1.76 bits per heavy atom. The number of phenols is 6. The Morgan fingerprint density at radius 2 is 1.17 bits per heavy atom. The predicted octanol–water partition coefficient (Wildman–Crippen LogP) is 3.94. The second-order valence-electron chi connectivity index (χ2n) is 10.1. The minimum Gasteiger partial charge on any atom is -0.508 e. The normalized spacial score (nSPS) is 21.4. The van der Waals surface area contributed by atoms with Gasteiger partial charge in [-0.1, -0.05) is 0 Å². The summed E-state index contributed by atoms with van der Waals surface area (Å²) in [7, 11) is 0. The van der Waals surface area contributed by atoms with E-state index in [1.807, 2.05) is 0 Å². The van der Waals surface area contributed by atoms with Crippen LogP contribution in [0.3, 0.4) is 0 Å². The molecule has 4 aromatic carbocycles. The van der Waals surface area contributed by atoms with Crippen LogP contribution in [0, 0.1) is 0 Å². The van der Waals surface area contributed by atoms with Gasteiger partial charge in [-0.2, -0.15) is 0 Å². The van der Waals surface area contributed by atoms with Crippen LogP contribution in [0.2, 0.25) is 0 Å². The summed E-state index contributed by atoms with van der Waals surface area (Å²) in [5.41, 5.74) is -0.578. The van der Waals surface area contributed by atoms with Crippen molar-refractivity contribution < 1.29 is 65.4 Å². The zero-order chi connectivity index (χ0) is 29.3. The van der Waals surface area contributed by atoms with Crippen LogP contribution < -0.4 is 14.9 Å². The van der Waals surface area contributed by atoms with Gasteiger partial charge in [0, 0.05) is 63.8 Å². The molecule has 2 aliphatic rings. The Bertz CT molecular complexity index is 1830. The van der Waals surface area contributed by atoms with E-state index in [0.29, 0.717) is 0 Å². The van der Waals surface area contributed by atoms with Gasteiger partial charge in [0.25, 0.3) is 0 Å². The molecule has 41 heavy (non-hydrogen) atoms. The van der Waals surface area contributed by atoms with Crippen molar-refractivity contribution in [2.45, 2.75) is 37.3 Å². The third kappa shape index (κ3) is 4.20. The second kappa shape index (κ2) is 9.25. The number of aliphatic hydroxyl groups excluding tert-OH is 2. The lowest BCUT2D eigenvalue weighted by molar-refractivity contribution is 0.0193. The van der Waals surface area contributed by atoms with Crippen LogP contribution in [-0.2, 0) is 12.8 Å². The number of benzene rings is 3. The molecular formula is C29H38O12. The molecule has 226 valence electrons. The van der Waals surface area contributed by atoms with E-state index in [1.165, 1.54) is 18.2 Å². The van der Waals surface area contributed by atoms with Gasteiger partial charge in [0.1, 0.15) is 40.6 Å². The quantitative estimate of drug-likeness (QED) is 0.155. The summed E-state index contributed by atoms with van der Waals surface area (Å²) < 4.78 is 11.8. The summed E-state index contributed by atoms with van der Waals surface area (Å²) in [6.45, 7) is 0. The van der Waals surface area contributed by atoms with Gasteiger partial charge in [-0.25, -0.2) is 0 Å². The van der Waals surface area contributed by atoms with Crippen LogP contribution in [0.25, 0.3) is 10.8 Å². The molecule has 0 amide bonds. The molecule has 0 fully saturated rings. The molecule has 3 unspecified atom stereocenters. The molecular weight excluding hydrogens is 540 g/mol. The Balaban J connectivity index is 0. The van der Waals surface area contributed by atoms with E-state index in [-0.39, 0.29) is 85.0 Å². The summed E-state index contributed by atoms with van der Waals surface area (Å²) in [6.07, 6.45) is -5.40. The minimum atomic E-state index is -1.34. The molecule has 0 radical (unpaired) electrons. The number of fused-ring (bicyclic) bond motifs is 3. The van der Waals surface area contributed by atoms with E-state index in [0.717, 1.165) is 24.3 Å². The Morgan fingerprint density at radius 1 is 0.634 bits per heavy atom. The van der Waals surface area contributed by atoms with E-state index in [9.17, 15) is 50.8 Å². The predicted molar refractivity (Wildman–Crippen MR) is 156 cm³/mol. The molecule has 0 aliphatic carbocycles. The summed E-state index contributed by atoms with van der Waals surface area (Å²) in [5, 5.41) is 93.5. The van der Waals surface area contributed by atoms with Crippen LogP contribution in [-0.4, -0.2) is 58.2 Å². The molecule has 0 saturated heterocycles. The highest BCUT2D eigenvalue weighted by Gasteiger charge is 2.36. The van der Waals surface area contributed by atoms with Gasteiger partial charge in [0.15, 0.2) is 23.4 Å². The first-order chi connectivity index (χ1) is 19.4. The highest BCUT2D eigenvalue weighted by atomic mass is 16.5. The zero-order valence-corrected chi connectivity index (χ0v) is 21.0. The maximum Gasteiger partial charge on any atom is 0.231 e. The van der Waals surface area contributed by atoms with Gasteiger partial charge < -0.3 is 55.4 Å². The number of aliphatic hydroxyl groups is 2. The second-order valence-corrected chi connectivity index (χ2v) is 10.1. The number of phenolic OH excluding ortho intramolecular Hbond substituents is 6. The van der Waals surface area contributed by atoms with Crippen LogP contribution in [0.1, 0.15) is 44.4 Å². The summed E-state index contributed by atoms with van der Waals surface area (Å²) in [4.78, 5) is 13.2. The molecule has 12 nitrogen and oxygen atoms in total. The van der Waals surface area contributed by atoms with Gasteiger partial charge in [-0.15, -0.1) is 0 Å². The Kier molecular flexibility index (Phi) is 5.90. The number of ether oxygens (including phenoxy) is 2. The van der Waals surface area contributed by atoms with Gasteiger partial charge in [0.05, 0.1) is 17.6 Å². The van der Waals surface area contributed by atoms with Crippen molar-refractivity contribution in [2.75, 3.05) is 0 Å². The molecule has 6 rings (SSSR count). The average molecular weight is 579 g/mol. The SMILES string of the molecule is O=c1c(O)cc([C@H]2Oc3cc(O)cc(O)c3CC2O)cc2c(C3Oc4cc(O)cc(O)c4CC3O)cc(O)c(O)c12.[HH].[HH].[HH].[HH].[HH].[HH].[HH]. The maximum atomic E-state index is 13.2. The summed E-state index contributed by atoms with van der Waals surface area (Å²) in [6, 6.07) is 8.05. The molecule has 12 heteroatoms. The summed E-state index contributed by atoms with van der Waals surface area (Å²) >= 11 is 0. The van der Waals surface area contributed by atoms with Crippen LogP contribution in [0.4, 0.5) is 0 Å². The first kappa shape index (κ1) is 26.2. The lowest BCUT2D eigenvalue weighted by atomic mass is 9.90. The molecule has 2 aliphatic heterocycles. The van der Waals surface area contributed by atoms with Crippen LogP contribution >= 0.6 is 0 Å². The zero-order valence-electron chi connectivity index (χ0n) is 21.0. The van der Waals surface area contributed by atoms with Crippen LogP contribution in [0.15, 0.2) is 47.3 Å². The third-order valence-corrected chi connectivity index (χ3v) is 7.43. The van der Waals surface area contributed by atoms with Crippen molar-refractivity contribution in [1.29, 1.82) is 0 Å². The topological polar surface area (TPSA) is 218 Å². The first-order valence-electron chi connectivity index (χ1n) is 12.5. The van der Waals surface area contributed by atoms with E-state index in [1.54, 1.807) is 0 Å². The Hall–Kier alpha value is -5.07. The number of rotatable bonds is 2. The fraction of sp³-hybridized carbons (Fsp3) is 0.207. The lowest BCUT2D eigenvalue weighted by Gasteiger charge is -2.32. The summed E-state index contributed by atoms with van der Waals surface area (Å²) in [5.74, 6) is -3.57. The largest absolute Gasteiger partial charge is 0.508 e. The van der Waals surface area contributed by atoms with E-state index in [4.69, 9.17) is 9.47 Å². The fourth-order valence-electron chi connectivity index (χ4n) is 5.52. The number of aromatic hydroxyl groups is 7. The Labute approximate surface area is 240 Å². The van der Waals surface area contributed by atoms with Crippen molar-refractivity contribution in [3.05, 3.63) is 74.9 Å². The van der Waals surface area contributed by atoms with Crippen molar-refractivity contribution in [2.24, 2.45) is 0 Å². The smallest absolute Gasteiger partial charge is 0.231 e. The third-order valence-electron chi connectivity index (χ3n) is 7.43. The fourth-order valence-corrected chi connectivity index (χ4v) is 5.52. The molecule has 9 N–H and O–H groups in total. The van der Waals surface area contributed by atoms with E-state index in [2.05, 4.69) is 0 Å². The van der Waals surface area contributed by atoms with Crippen LogP contribution in [0.5, 0.6) is 51.7 Å². The molecule has 4 atom stereocenters. The van der Waals surface area contributed by atoms with Gasteiger partial charge in [0.2, 0.25) is 5.43 Å². The molecule has 0 spiro atoms. The van der Waals surface area contributed by atoms with E-state index < -0.39 is 52.5 Å². The molecule has 4 aromatic rings. The number of hydrogen-bond donors (Lipinski definition) is 9. The first-order valence-corrected chi connectivity index (χ1v) is 12.5. The lowest BCUT2D eigenvalue weighted by Crippen LogP contribution is -2.31. The minimum absolute atomic E-state index is 0. The average Bonchev–Trinajstić information content (AvgIpc) is 3.03. The standard InChI is InChI=1S/C29H24O12.7H2/c30-11-3-17(32)15-8-21(36)28(40-23(15)5-11)10-1-13-14(7-20(35)27(39)25(13)26(38)19(34)2-10)29-22(37)9-16-18(33)4-12(31)6-24(16)41-29;;;;;;;/h1-7,21-22,28-33,35-37,39H,8-9H2,(H,34,38);7*1H/t21?,22?,28-,29?;;;;;;;/m1......./s1. The maximum absolute atomic E-state index is 13.2. The van der Waals surface area contributed by atoms with Gasteiger partial charge in [-0.3, -0.25) is 4.79 Å². The van der Waals surface area contributed by atoms with Crippen molar-refractivity contribution in [3.63, 3.8) is 0 Å². The molecule has 0 aromatic heterocycles. The van der Waals surface area contributed by atoms with Crippen molar-refractivity contribution >= 4 is 10.8 Å². The highest BCUT2D eigenvalue weighted by Crippen LogP contribution is 2.47. The molecule has 0 saturated carbocycles. The molecule has 0 bridgehead atoms. The van der Waals surface area contributed by atoms with Crippen molar-refractivity contribution in [1.82, 2.24) is 0 Å². The van der Waals surface area contributed by atoms with Crippen molar-refractivity contribution in [3.8, 4) is 51.7 Å². The van der Waals surface area contributed by atoms with Gasteiger partial charge in [-0.05, 0) is 29.1 Å². The molecule has 2 heterocycles.